The van der Waals surface area contributed by atoms with Crippen molar-refractivity contribution in [3.05, 3.63) is 69.0 Å². The molecule has 3 aromatic rings. The first-order valence-corrected chi connectivity index (χ1v) is 7.45. The molecule has 0 bridgehead atoms. The summed E-state index contributed by atoms with van der Waals surface area (Å²) in [6.07, 6.45) is 3.33. The van der Waals surface area contributed by atoms with Crippen molar-refractivity contribution < 1.29 is 36.3 Å². The Labute approximate surface area is 159 Å². The average molecular weight is 392 g/mol. The summed E-state index contributed by atoms with van der Waals surface area (Å²) in [5, 5.41) is 23.8. The third-order valence-corrected chi connectivity index (χ3v) is 3.93. The molecular formula is C17H14ClN3O6. The molecule has 0 radical (unpaired) electrons. The van der Waals surface area contributed by atoms with Gasteiger partial charge in [-0.25, -0.2) is 0 Å². The molecule has 0 saturated heterocycles. The lowest BCUT2D eigenvalue weighted by atomic mass is 10.1. The predicted octanol–water partition coefficient (Wildman–Crippen LogP) is -0.0459. The molecule has 0 atom stereocenters. The largest absolute Gasteiger partial charge is 1.00 e. The van der Waals surface area contributed by atoms with Crippen LogP contribution in [0.3, 0.4) is 0 Å². The van der Waals surface area contributed by atoms with E-state index < -0.39 is 9.85 Å². The third-order valence-electron chi connectivity index (χ3n) is 3.93. The van der Waals surface area contributed by atoms with Crippen LogP contribution in [-0.4, -0.2) is 24.1 Å². The quantitative estimate of drug-likeness (QED) is 0.343. The number of hydrogen-bond donors (Lipinski definition) is 0. The number of nitrogens with zero attached hydrogens (tertiary/aromatic N) is 3. The van der Waals surface area contributed by atoms with Crippen LogP contribution in [0.2, 0.25) is 0 Å². The minimum absolute atomic E-state index is 0. The molecule has 2 aromatic carbocycles. The fraction of sp³-hybridized carbons (Fsp3) is 0.118. The van der Waals surface area contributed by atoms with E-state index in [0.717, 1.165) is 16.8 Å². The second-order valence-electron chi connectivity index (χ2n) is 5.38. The molecular weight excluding hydrogens is 378 g/mol. The summed E-state index contributed by atoms with van der Waals surface area (Å²) in [4.78, 5) is 20.9. The average Bonchev–Trinajstić information content (AvgIpc) is 2.65. The van der Waals surface area contributed by atoms with Crippen molar-refractivity contribution >= 4 is 22.1 Å². The Morgan fingerprint density at radius 1 is 0.889 bits per heavy atom. The van der Waals surface area contributed by atoms with Gasteiger partial charge in [-0.3, -0.25) is 20.2 Å². The molecule has 0 fully saturated rings. The number of nitro groups is 2. The van der Waals surface area contributed by atoms with Crippen molar-refractivity contribution in [2.75, 3.05) is 14.2 Å². The predicted molar refractivity (Wildman–Crippen MR) is 91.9 cm³/mol. The molecule has 10 heteroatoms. The number of ether oxygens (including phenoxy) is 2. The number of fused-ring (bicyclic) bond motifs is 1. The number of hydrogen-bond acceptors (Lipinski definition) is 6. The highest BCUT2D eigenvalue weighted by atomic mass is 35.5. The standard InChI is InChI=1S/C17H14N3O6.ClH/c1-25-16-7-11-5-6-18(10-12(11)8-17(16)26-2)14-4-3-13(19(21)22)9-15(14)20(23)24;/h3-10H,1-2H3;1H/q+1;/p-1. The summed E-state index contributed by atoms with van der Waals surface area (Å²) in [6.45, 7) is 0. The molecule has 0 amide bonds. The molecule has 3 rings (SSSR count). The van der Waals surface area contributed by atoms with Crippen molar-refractivity contribution in [2.24, 2.45) is 0 Å². The van der Waals surface area contributed by atoms with Crippen LogP contribution in [0.5, 0.6) is 11.5 Å². The molecule has 0 saturated carbocycles. The Morgan fingerprint density at radius 3 is 2.07 bits per heavy atom. The fourth-order valence-corrected chi connectivity index (χ4v) is 2.66. The summed E-state index contributed by atoms with van der Waals surface area (Å²) in [7, 11) is 3.05. The summed E-state index contributed by atoms with van der Waals surface area (Å²) in [5.74, 6) is 1.09. The van der Waals surface area contributed by atoms with E-state index in [-0.39, 0.29) is 29.5 Å². The zero-order valence-corrected chi connectivity index (χ0v) is 15.0. The summed E-state index contributed by atoms with van der Waals surface area (Å²) in [6, 6.07) is 8.84. The molecule has 9 nitrogen and oxygen atoms in total. The maximum absolute atomic E-state index is 11.4. The molecule has 0 N–H and O–H groups in total. The molecule has 1 aromatic heterocycles. The van der Waals surface area contributed by atoms with E-state index in [9.17, 15) is 20.2 Å². The first-order chi connectivity index (χ1) is 12.4. The normalized spacial score (nSPS) is 10.1. The van der Waals surface area contributed by atoms with Crippen LogP contribution in [0.15, 0.2) is 48.8 Å². The van der Waals surface area contributed by atoms with Crippen LogP contribution in [-0.2, 0) is 0 Å². The zero-order chi connectivity index (χ0) is 18.8. The minimum Gasteiger partial charge on any atom is -1.00 e. The Bertz CT molecular complexity index is 1040. The lowest BCUT2D eigenvalue weighted by Gasteiger charge is -2.08. The Morgan fingerprint density at radius 2 is 1.52 bits per heavy atom. The second-order valence-corrected chi connectivity index (χ2v) is 5.38. The van der Waals surface area contributed by atoms with Crippen LogP contribution in [0.25, 0.3) is 16.5 Å². The van der Waals surface area contributed by atoms with Crippen molar-refractivity contribution in [1.82, 2.24) is 0 Å². The third kappa shape index (κ3) is 3.72. The zero-order valence-electron chi connectivity index (χ0n) is 14.3. The fourth-order valence-electron chi connectivity index (χ4n) is 2.66. The monoisotopic (exact) mass is 391 g/mol. The van der Waals surface area contributed by atoms with Gasteiger partial charge in [0.15, 0.2) is 23.9 Å². The highest BCUT2D eigenvalue weighted by Gasteiger charge is 2.26. The number of rotatable bonds is 5. The van der Waals surface area contributed by atoms with Gasteiger partial charge in [-0.1, -0.05) is 0 Å². The summed E-state index contributed by atoms with van der Waals surface area (Å²) in [5.41, 5.74) is -0.477. The molecule has 0 aliphatic rings. The molecule has 0 unspecified atom stereocenters. The van der Waals surface area contributed by atoms with Gasteiger partial charge < -0.3 is 21.9 Å². The number of pyridine rings is 1. The summed E-state index contributed by atoms with van der Waals surface area (Å²) >= 11 is 0. The van der Waals surface area contributed by atoms with E-state index in [1.807, 2.05) is 0 Å². The lowest BCUT2D eigenvalue weighted by molar-refractivity contribution is -0.599. The van der Waals surface area contributed by atoms with Crippen molar-refractivity contribution in [2.45, 2.75) is 0 Å². The maximum Gasteiger partial charge on any atom is 0.347 e. The van der Waals surface area contributed by atoms with E-state index >= 15 is 0 Å². The molecule has 140 valence electrons. The number of non-ortho nitro benzene ring substituents is 1. The smallest absolute Gasteiger partial charge is 0.347 e. The van der Waals surface area contributed by atoms with Crippen LogP contribution in [0.4, 0.5) is 11.4 Å². The Kier molecular flexibility index (Phi) is 5.76. The molecule has 27 heavy (non-hydrogen) atoms. The SMILES string of the molecule is COc1cc2cc[n+](-c3ccc([N+](=O)[O-])cc3[N+](=O)[O-])cc2cc1OC.[Cl-]. The van der Waals surface area contributed by atoms with Crippen LogP contribution >= 0.6 is 0 Å². The molecule has 1 heterocycles. The maximum atomic E-state index is 11.4. The molecule has 0 aliphatic carbocycles. The van der Waals surface area contributed by atoms with Gasteiger partial charge in [0, 0.05) is 18.2 Å². The van der Waals surface area contributed by atoms with Crippen LogP contribution in [0.1, 0.15) is 0 Å². The van der Waals surface area contributed by atoms with Gasteiger partial charge in [-0.05, 0) is 17.5 Å². The van der Waals surface area contributed by atoms with Crippen LogP contribution in [0, 0.1) is 20.2 Å². The van der Waals surface area contributed by atoms with Crippen molar-refractivity contribution in [3.63, 3.8) is 0 Å². The lowest BCUT2D eigenvalue weighted by Crippen LogP contribution is -3.00. The molecule has 0 aliphatic heterocycles. The van der Waals surface area contributed by atoms with Crippen molar-refractivity contribution in [3.8, 4) is 17.2 Å². The first-order valence-electron chi connectivity index (χ1n) is 7.45. The van der Waals surface area contributed by atoms with Gasteiger partial charge in [0.1, 0.15) is 6.07 Å². The van der Waals surface area contributed by atoms with E-state index in [0.29, 0.717) is 11.5 Å². The number of methoxy groups -OCH3 is 2. The van der Waals surface area contributed by atoms with Gasteiger partial charge in [-0.15, -0.1) is 0 Å². The van der Waals surface area contributed by atoms with E-state index in [4.69, 9.17) is 9.47 Å². The van der Waals surface area contributed by atoms with E-state index in [1.165, 1.54) is 30.9 Å². The minimum atomic E-state index is -0.668. The second kappa shape index (κ2) is 7.83. The van der Waals surface area contributed by atoms with E-state index in [1.54, 1.807) is 30.6 Å². The first kappa shape index (κ1) is 19.9. The number of benzene rings is 2. The Hall–Kier alpha value is -3.46. The van der Waals surface area contributed by atoms with Crippen molar-refractivity contribution in [1.29, 1.82) is 0 Å². The highest BCUT2D eigenvalue weighted by molar-refractivity contribution is 5.84. The van der Waals surface area contributed by atoms with Crippen LogP contribution < -0.4 is 26.4 Å². The number of nitro benzene ring substituents is 2. The molecule has 0 spiro atoms. The van der Waals surface area contributed by atoms with E-state index in [2.05, 4.69) is 0 Å². The van der Waals surface area contributed by atoms with Gasteiger partial charge in [0.2, 0.25) is 0 Å². The van der Waals surface area contributed by atoms with Gasteiger partial charge in [0.25, 0.3) is 11.4 Å². The number of halogens is 1. The highest BCUT2D eigenvalue weighted by Crippen LogP contribution is 2.32. The van der Waals surface area contributed by atoms with Gasteiger partial charge >= 0.3 is 5.69 Å². The summed E-state index contributed by atoms with van der Waals surface area (Å²) < 4.78 is 12.1. The number of aromatic nitrogens is 1. The topological polar surface area (TPSA) is 109 Å². The Balaban J connectivity index is 0.00000261. The van der Waals surface area contributed by atoms with Gasteiger partial charge in [0.05, 0.1) is 29.5 Å². The van der Waals surface area contributed by atoms with Gasteiger partial charge in [-0.2, -0.15) is 4.57 Å².